The Balaban J connectivity index is 1.84. The van der Waals surface area contributed by atoms with E-state index in [1.165, 1.54) is 0 Å². The predicted octanol–water partition coefficient (Wildman–Crippen LogP) is 4.19. The van der Waals surface area contributed by atoms with Crippen LogP contribution in [0.2, 0.25) is 5.02 Å². The van der Waals surface area contributed by atoms with Gasteiger partial charge in [0, 0.05) is 6.42 Å². The topological polar surface area (TPSA) is 55.4 Å². The summed E-state index contributed by atoms with van der Waals surface area (Å²) in [5.74, 6) is 0.495. The molecule has 4 nitrogen and oxygen atoms in total. The monoisotopic (exact) mass is 345 g/mol. The molecular weight excluding hydrogens is 326 g/mol. The maximum atomic E-state index is 11.9. The van der Waals surface area contributed by atoms with Crippen LogP contribution in [0, 0.1) is 6.92 Å². The van der Waals surface area contributed by atoms with E-state index in [0.29, 0.717) is 29.3 Å². The summed E-state index contributed by atoms with van der Waals surface area (Å²) >= 11 is 6.08. The highest BCUT2D eigenvalue weighted by Gasteiger charge is 2.07. The lowest BCUT2D eigenvalue weighted by atomic mass is 10.1. The molecule has 0 aromatic heterocycles. The van der Waals surface area contributed by atoms with Gasteiger partial charge in [-0.2, -0.15) is 0 Å². The number of Topliss-reactive ketones (excluding diaryl/α,β-unsaturated/α-hetero) is 1. The van der Waals surface area contributed by atoms with Gasteiger partial charge in [-0.3, -0.25) is 4.79 Å². The molecule has 0 atom stereocenters. The Labute approximate surface area is 146 Å². The van der Waals surface area contributed by atoms with E-state index in [1.54, 1.807) is 31.2 Å². The normalized spacial score (nSPS) is 10.3. The maximum absolute atomic E-state index is 11.9. The van der Waals surface area contributed by atoms with Crippen LogP contribution in [0.5, 0.6) is 5.75 Å². The highest BCUT2D eigenvalue weighted by atomic mass is 35.5. The first-order chi connectivity index (χ1) is 11.4. The van der Waals surface area contributed by atoms with Crippen molar-refractivity contribution in [2.45, 2.75) is 26.7 Å². The number of benzene rings is 2. The van der Waals surface area contributed by atoms with Crippen LogP contribution in [-0.4, -0.2) is 18.3 Å². The lowest BCUT2D eigenvalue weighted by molar-refractivity contribution is -0.118. The van der Waals surface area contributed by atoms with Crippen LogP contribution in [0.4, 0.5) is 5.69 Å². The van der Waals surface area contributed by atoms with E-state index >= 15 is 0 Å². The molecule has 0 radical (unpaired) electrons. The van der Waals surface area contributed by atoms with Crippen LogP contribution in [0.3, 0.4) is 0 Å². The average molecular weight is 346 g/mol. The Morgan fingerprint density at radius 1 is 1.12 bits per heavy atom. The first kappa shape index (κ1) is 18.0. The van der Waals surface area contributed by atoms with E-state index in [-0.39, 0.29) is 18.3 Å². The number of rotatable bonds is 7. The second-order valence-corrected chi connectivity index (χ2v) is 6.07. The molecule has 1 N–H and O–H groups in total. The number of anilines is 1. The molecule has 0 fully saturated rings. The maximum Gasteiger partial charge on any atom is 0.262 e. The molecule has 0 bridgehead atoms. The first-order valence-electron chi connectivity index (χ1n) is 7.71. The fraction of sp³-hybridized carbons (Fsp3) is 0.263. The Kier molecular flexibility index (Phi) is 6.38. The molecule has 0 unspecified atom stereocenters. The van der Waals surface area contributed by atoms with Crippen molar-refractivity contribution in [2.75, 3.05) is 11.9 Å². The van der Waals surface area contributed by atoms with Crippen molar-refractivity contribution in [3.8, 4) is 5.75 Å². The van der Waals surface area contributed by atoms with Crippen LogP contribution in [0.1, 0.15) is 24.5 Å². The molecule has 0 aliphatic rings. The molecule has 1 amide bonds. The first-order valence-corrected chi connectivity index (χ1v) is 8.09. The van der Waals surface area contributed by atoms with Gasteiger partial charge in [-0.05, 0) is 55.7 Å². The van der Waals surface area contributed by atoms with Gasteiger partial charge in [0.15, 0.2) is 6.61 Å². The van der Waals surface area contributed by atoms with Gasteiger partial charge in [-0.25, -0.2) is 0 Å². The van der Waals surface area contributed by atoms with Crippen molar-refractivity contribution in [3.05, 3.63) is 58.6 Å². The minimum absolute atomic E-state index is 0.100. The summed E-state index contributed by atoms with van der Waals surface area (Å²) in [6, 6.07) is 12.8. The van der Waals surface area contributed by atoms with Crippen LogP contribution in [-0.2, 0) is 16.0 Å². The largest absolute Gasteiger partial charge is 0.484 e. The number of carbonyl (C=O) groups is 2. The second-order valence-electron chi connectivity index (χ2n) is 5.67. The number of amides is 1. The number of carbonyl (C=O) groups excluding carboxylic acids is 2. The summed E-state index contributed by atoms with van der Waals surface area (Å²) in [5, 5.41) is 3.22. The lowest BCUT2D eigenvalue weighted by Gasteiger charge is -2.09. The van der Waals surface area contributed by atoms with Crippen LogP contribution in [0.15, 0.2) is 42.5 Å². The zero-order valence-corrected chi connectivity index (χ0v) is 14.5. The van der Waals surface area contributed by atoms with Gasteiger partial charge in [-0.1, -0.05) is 29.8 Å². The summed E-state index contributed by atoms with van der Waals surface area (Å²) in [6.07, 6.45) is 1.24. The van der Waals surface area contributed by atoms with Gasteiger partial charge in [0.1, 0.15) is 11.5 Å². The minimum Gasteiger partial charge on any atom is -0.484 e. The molecule has 0 spiro atoms. The Morgan fingerprint density at radius 3 is 2.46 bits per heavy atom. The van der Waals surface area contributed by atoms with Crippen LogP contribution < -0.4 is 10.1 Å². The van der Waals surface area contributed by atoms with Crippen molar-refractivity contribution in [3.63, 3.8) is 0 Å². The number of ether oxygens (including phenoxy) is 1. The molecule has 126 valence electrons. The van der Waals surface area contributed by atoms with E-state index in [0.717, 1.165) is 11.1 Å². The van der Waals surface area contributed by atoms with Gasteiger partial charge in [0.25, 0.3) is 5.91 Å². The van der Waals surface area contributed by atoms with E-state index in [4.69, 9.17) is 16.3 Å². The van der Waals surface area contributed by atoms with Crippen molar-refractivity contribution < 1.29 is 14.3 Å². The number of aryl methyl sites for hydroxylation is 2. The highest BCUT2D eigenvalue weighted by molar-refractivity contribution is 6.33. The quantitative estimate of drug-likeness (QED) is 0.818. The average Bonchev–Trinajstić information content (AvgIpc) is 2.54. The van der Waals surface area contributed by atoms with E-state index < -0.39 is 0 Å². The van der Waals surface area contributed by atoms with E-state index in [9.17, 15) is 9.59 Å². The van der Waals surface area contributed by atoms with Gasteiger partial charge in [0.2, 0.25) is 0 Å². The summed E-state index contributed by atoms with van der Waals surface area (Å²) in [5.41, 5.74) is 2.66. The van der Waals surface area contributed by atoms with Gasteiger partial charge in [-0.15, -0.1) is 0 Å². The number of halogens is 1. The SMILES string of the molecule is CC(=O)CCc1ccc(OCC(=O)Nc2ccc(C)cc2Cl)cc1. The highest BCUT2D eigenvalue weighted by Crippen LogP contribution is 2.22. The number of ketones is 1. The Hall–Kier alpha value is -2.33. The third kappa shape index (κ3) is 5.70. The molecule has 24 heavy (non-hydrogen) atoms. The predicted molar refractivity (Wildman–Crippen MR) is 95.8 cm³/mol. The smallest absolute Gasteiger partial charge is 0.262 e. The van der Waals surface area contributed by atoms with Crippen molar-refractivity contribution in [1.29, 1.82) is 0 Å². The third-order valence-corrected chi connectivity index (χ3v) is 3.77. The minimum atomic E-state index is -0.276. The third-order valence-electron chi connectivity index (χ3n) is 3.46. The Morgan fingerprint density at radius 2 is 1.83 bits per heavy atom. The summed E-state index contributed by atoms with van der Waals surface area (Å²) in [7, 11) is 0. The molecule has 0 heterocycles. The number of hydrogen-bond acceptors (Lipinski definition) is 3. The molecule has 2 aromatic carbocycles. The molecule has 0 saturated heterocycles. The van der Waals surface area contributed by atoms with Crippen molar-refractivity contribution in [1.82, 2.24) is 0 Å². The van der Waals surface area contributed by atoms with Crippen molar-refractivity contribution >= 4 is 29.0 Å². The van der Waals surface area contributed by atoms with Gasteiger partial charge < -0.3 is 14.8 Å². The van der Waals surface area contributed by atoms with Gasteiger partial charge in [0.05, 0.1) is 10.7 Å². The summed E-state index contributed by atoms with van der Waals surface area (Å²) in [6.45, 7) is 3.41. The molecule has 0 aliphatic carbocycles. The fourth-order valence-corrected chi connectivity index (χ4v) is 2.41. The molecule has 2 aromatic rings. The Bertz CT molecular complexity index is 726. The zero-order valence-electron chi connectivity index (χ0n) is 13.8. The molecule has 0 aliphatic heterocycles. The standard InChI is InChI=1S/C19H20ClNO3/c1-13-3-10-18(17(20)11-13)21-19(23)12-24-16-8-6-15(7-9-16)5-4-14(2)22/h3,6-11H,4-5,12H2,1-2H3,(H,21,23). The fourth-order valence-electron chi connectivity index (χ4n) is 2.13. The van der Waals surface area contributed by atoms with Crippen molar-refractivity contribution in [2.24, 2.45) is 0 Å². The second kappa shape index (κ2) is 8.50. The zero-order chi connectivity index (χ0) is 17.5. The number of hydrogen-bond donors (Lipinski definition) is 1. The summed E-state index contributed by atoms with van der Waals surface area (Å²) in [4.78, 5) is 22.9. The van der Waals surface area contributed by atoms with E-state index in [2.05, 4.69) is 5.32 Å². The van der Waals surface area contributed by atoms with E-state index in [1.807, 2.05) is 25.1 Å². The van der Waals surface area contributed by atoms with Gasteiger partial charge >= 0.3 is 0 Å². The molecule has 5 heteroatoms. The van der Waals surface area contributed by atoms with Crippen LogP contribution >= 0.6 is 11.6 Å². The molecule has 0 saturated carbocycles. The molecule has 2 rings (SSSR count). The van der Waals surface area contributed by atoms with Crippen LogP contribution in [0.25, 0.3) is 0 Å². The summed E-state index contributed by atoms with van der Waals surface area (Å²) < 4.78 is 5.46. The lowest BCUT2D eigenvalue weighted by Crippen LogP contribution is -2.20. The molecular formula is C19H20ClNO3. The number of nitrogens with one attached hydrogen (secondary N) is 1.